The van der Waals surface area contributed by atoms with E-state index in [1.807, 2.05) is 42.5 Å². The predicted molar refractivity (Wildman–Crippen MR) is 88.3 cm³/mol. The number of hydrogen-bond acceptors (Lipinski definition) is 3. The van der Waals surface area contributed by atoms with Crippen LogP contribution in [0.4, 0.5) is 5.69 Å². The van der Waals surface area contributed by atoms with Crippen molar-refractivity contribution in [2.24, 2.45) is 0 Å². The zero-order valence-electron chi connectivity index (χ0n) is 10.9. The molecule has 0 aliphatic heterocycles. The Bertz CT molecular complexity index is 590. The lowest BCUT2D eigenvalue weighted by molar-refractivity contribution is 0.191. The Morgan fingerprint density at radius 3 is 2.65 bits per heavy atom. The van der Waals surface area contributed by atoms with Crippen LogP contribution >= 0.6 is 31.9 Å². The Morgan fingerprint density at radius 1 is 1.15 bits per heavy atom. The first-order chi connectivity index (χ1) is 9.58. The Balaban J connectivity index is 2.03. The smallest absolute Gasteiger partial charge is 0.122 e. The number of nitrogens with one attached hydrogen (secondary N) is 1. The van der Waals surface area contributed by atoms with Gasteiger partial charge in [0.25, 0.3) is 0 Å². The third-order valence-corrected chi connectivity index (χ3v) is 3.79. The van der Waals surface area contributed by atoms with Gasteiger partial charge >= 0.3 is 0 Å². The van der Waals surface area contributed by atoms with E-state index in [2.05, 4.69) is 37.2 Å². The quantitative estimate of drug-likeness (QED) is 0.783. The second-order valence-corrected chi connectivity index (χ2v) is 6.16. The van der Waals surface area contributed by atoms with Crippen molar-refractivity contribution in [2.45, 2.75) is 6.10 Å². The maximum atomic E-state index is 10.2. The van der Waals surface area contributed by atoms with Gasteiger partial charge < -0.3 is 15.2 Å². The minimum absolute atomic E-state index is 0.427. The summed E-state index contributed by atoms with van der Waals surface area (Å²) in [5.41, 5.74) is 1.76. The molecule has 1 atom stereocenters. The zero-order chi connectivity index (χ0) is 14.5. The van der Waals surface area contributed by atoms with Gasteiger partial charge in [0, 0.05) is 27.2 Å². The summed E-state index contributed by atoms with van der Waals surface area (Å²) in [5, 5.41) is 13.4. The van der Waals surface area contributed by atoms with Gasteiger partial charge in [0.15, 0.2) is 0 Å². The largest absolute Gasteiger partial charge is 0.497 e. The van der Waals surface area contributed by atoms with Gasteiger partial charge in [0.05, 0.1) is 13.2 Å². The van der Waals surface area contributed by atoms with Crippen molar-refractivity contribution in [3.8, 4) is 5.75 Å². The summed E-state index contributed by atoms with van der Waals surface area (Å²) in [6, 6.07) is 13.4. The van der Waals surface area contributed by atoms with Crippen LogP contribution in [0.5, 0.6) is 5.75 Å². The molecular weight excluding hydrogens is 386 g/mol. The lowest BCUT2D eigenvalue weighted by Gasteiger charge is -2.14. The van der Waals surface area contributed by atoms with Crippen LogP contribution in [0.1, 0.15) is 11.7 Å². The van der Waals surface area contributed by atoms with Crippen LogP contribution in [0.2, 0.25) is 0 Å². The lowest BCUT2D eigenvalue weighted by atomic mass is 10.1. The molecular formula is C15H15Br2NO2. The van der Waals surface area contributed by atoms with Gasteiger partial charge in [-0.3, -0.25) is 0 Å². The van der Waals surface area contributed by atoms with Gasteiger partial charge in [0.1, 0.15) is 5.75 Å². The highest BCUT2D eigenvalue weighted by Crippen LogP contribution is 2.25. The number of anilines is 1. The molecule has 106 valence electrons. The second kappa shape index (κ2) is 7.11. The maximum absolute atomic E-state index is 10.2. The first-order valence-corrected chi connectivity index (χ1v) is 7.69. The Kier molecular flexibility index (Phi) is 5.46. The molecule has 0 saturated carbocycles. The van der Waals surface area contributed by atoms with Crippen molar-refractivity contribution in [3.63, 3.8) is 0 Å². The molecule has 0 heterocycles. The van der Waals surface area contributed by atoms with Crippen molar-refractivity contribution in [1.29, 1.82) is 0 Å². The predicted octanol–water partition coefficient (Wildman–Crippen LogP) is 4.37. The Morgan fingerprint density at radius 2 is 1.95 bits per heavy atom. The van der Waals surface area contributed by atoms with Crippen LogP contribution in [-0.2, 0) is 0 Å². The minimum atomic E-state index is -0.572. The van der Waals surface area contributed by atoms with E-state index in [1.54, 1.807) is 7.11 Å². The molecule has 0 aliphatic carbocycles. The first-order valence-electron chi connectivity index (χ1n) is 6.10. The van der Waals surface area contributed by atoms with E-state index in [0.29, 0.717) is 6.54 Å². The molecule has 0 spiro atoms. The summed E-state index contributed by atoms with van der Waals surface area (Å²) in [7, 11) is 1.63. The molecule has 0 amide bonds. The van der Waals surface area contributed by atoms with E-state index in [4.69, 9.17) is 4.74 Å². The number of aliphatic hydroxyl groups excluding tert-OH is 1. The molecule has 1 unspecified atom stereocenters. The molecule has 2 N–H and O–H groups in total. The first kappa shape index (κ1) is 15.4. The molecule has 5 heteroatoms. The Labute approximate surface area is 135 Å². The summed E-state index contributed by atoms with van der Waals surface area (Å²) in [6.07, 6.45) is -0.572. The highest BCUT2D eigenvalue weighted by Gasteiger charge is 2.08. The van der Waals surface area contributed by atoms with E-state index in [0.717, 1.165) is 25.9 Å². The van der Waals surface area contributed by atoms with Gasteiger partial charge in [-0.15, -0.1) is 0 Å². The molecule has 3 nitrogen and oxygen atoms in total. The number of rotatable bonds is 5. The van der Waals surface area contributed by atoms with Crippen molar-refractivity contribution in [2.75, 3.05) is 19.0 Å². The summed E-state index contributed by atoms with van der Waals surface area (Å²) in [4.78, 5) is 0. The van der Waals surface area contributed by atoms with Crippen LogP contribution in [0.3, 0.4) is 0 Å². The lowest BCUT2D eigenvalue weighted by Crippen LogP contribution is -2.12. The molecule has 0 fully saturated rings. The fourth-order valence-corrected chi connectivity index (χ4v) is 2.72. The van der Waals surface area contributed by atoms with Crippen molar-refractivity contribution < 1.29 is 9.84 Å². The summed E-state index contributed by atoms with van der Waals surface area (Å²) in [6.45, 7) is 0.427. The van der Waals surface area contributed by atoms with E-state index in [9.17, 15) is 5.11 Å². The van der Waals surface area contributed by atoms with Crippen LogP contribution in [-0.4, -0.2) is 18.8 Å². The normalized spacial score (nSPS) is 12.0. The monoisotopic (exact) mass is 399 g/mol. The SMILES string of the molecule is COc1cc(Br)cc(NCC(O)c2cccc(Br)c2)c1. The molecule has 0 aromatic heterocycles. The number of benzene rings is 2. The van der Waals surface area contributed by atoms with Gasteiger partial charge in [-0.2, -0.15) is 0 Å². The van der Waals surface area contributed by atoms with Crippen LogP contribution in [0, 0.1) is 0 Å². The molecule has 0 bridgehead atoms. The van der Waals surface area contributed by atoms with E-state index in [-0.39, 0.29) is 0 Å². The molecule has 20 heavy (non-hydrogen) atoms. The number of ether oxygens (including phenoxy) is 1. The molecule has 0 radical (unpaired) electrons. The number of hydrogen-bond donors (Lipinski definition) is 2. The van der Waals surface area contributed by atoms with Gasteiger partial charge in [-0.25, -0.2) is 0 Å². The van der Waals surface area contributed by atoms with Crippen LogP contribution < -0.4 is 10.1 Å². The Hall–Kier alpha value is -1.04. The molecule has 0 aliphatic rings. The third-order valence-electron chi connectivity index (χ3n) is 2.84. The van der Waals surface area contributed by atoms with Crippen molar-refractivity contribution >= 4 is 37.5 Å². The summed E-state index contributed by atoms with van der Waals surface area (Å²) in [5.74, 6) is 0.763. The number of halogens is 2. The highest BCUT2D eigenvalue weighted by atomic mass is 79.9. The van der Waals surface area contributed by atoms with Gasteiger partial charge in [0.2, 0.25) is 0 Å². The van der Waals surface area contributed by atoms with E-state index in [1.165, 1.54) is 0 Å². The molecule has 2 aromatic rings. The zero-order valence-corrected chi connectivity index (χ0v) is 14.1. The van der Waals surface area contributed by atoms with Crippen LogP contribution in [0.25, 0.3) is 0 Å². The van der Waals surface area contributed by atoms with Gasteiger partial charge in [-0.1, -0.05) is 44.0 Å². The van der Waals surface area contributed by atoms with Gasteiger partial charge in [-0.05, 0) is 29.8 Å². The number of methoxy groups -OCH3 is 1. The standard InChI is InChI=1S/C15H15Br2NO2/c1-20-14-7-12(17)6-13(8-14)18-9-15(19)10-3-2-4-11(16)5-10/h2-8,15,18-19H,9H2,1H3. The molecule has 2 aromatic carbocycles. The van der Waals surface area contributed by atoms with Crippen LogP contribution in [0.15, 0.2) is 51.4 Å². The highest BCUT2D eigenvalue weighted by molar-refractivity contribution is 9.10. The average Bonchev–Trinajstić information content (AvgIpc) is 2.44. The summed E-state index contributed by atoms with van der Waals surface area (Å²) >= 11 is 6.83. The molecule has 0 saturated heterocycles. The second-order valence-electron chi connectivity index (χ2n) is 4.33. The van der Waals surface area contributed by atoms with E-state index < -0.39 is 6.10 Å². The summed E-state index contributed by atoms with van der Waals surface area (Å²) < 4.78 is 7.09. The van der Waals surface area contributed by atoms with Crippen molar-refractivity contribution in [1.82, 2.24) is 0 Å². The molecule has 2 rings (SSSR count). The maximum Gasteiger partial charge on any atom is 0.122 e. The fourth-order valence-electron chi connectivity index (χ4n) is 1.83. The topological polar surface area (TPSA) is 41.5 Å². The van der Waals surface area contributed by atoms with Crippen molar-refractivity contribution in [3.05, 3.63) is 57.0 Å². The minimum Gasteiger partial charge on any atom is -0.497 e. The van der Waals surface area contributed by atoms with E-state index >= 15 is 0 Å². The fraction of sp³-hybridized carbons (Fsp3) is 0.200. The third kappa shape index (κ3) is 4.23. The average molecular weight is 401 g/mol. The number of aliphatic hydroxyl groups is 1.